The molecule has 0 unspecified atom stereocenters. The summed E-state index contributed by atoms with van der Waals surface area (Å²) >= 11 is 0. The van der Waals surface area contributed by atoms with E-state index in [-0.39, 0.29) is 37.9 Å². The molecule has 300 valence electrons. The Morgan fingerprint density at radius 1 is 0.722 bits per heavy atom. The van der Waals surface area contributed by atoms with Gasteiger partial charge >= 0.3 is 13.8 Å². The Morgan fingerprint density at radius 3 is 1.72 bits per heavy atom. The Balaban J connectivity index is 3.47. The van der Waals surface area contributed by atoms with Crippen LogP contribution in [-0.4, -0.2) is 98.3 Å². The third-order valence-electron chi connectivity index (χ3n) is 7.73. The van der Waals surface area contributed by atoms with E-state index in [1.807, 2.05) is 0 Å². The van der Waals surface area contributed by atoms with Crippen molar-refractivity contribution in [3.63, 3.8) is 0 Å². The zero-order valence-corrected chi connectivity index (χ0v) is 30.6. The second-order valence-corrected chi connectivity index (χ2v) is 13.4. The Kier molecular flexibility index (Phi) is 18.8. The molecule has 1 aromatic rings. The number of phosphoric acid groups is 1. The number of amides is 8. The molecule has 1 aromatic carbocycles. The van der Waals surface area contributed by atoms with Crippen LogP contribution >= 0.6 is 7.82 Å². The fraction of sp³-hybridized carbons (Fsp3) is 0.516. The number of nitrogens with one attached hydrogen (secondary N) is 5. The van der Waals surface area contributed by atoms with Crippen LogP contribution in [0.25, 0.3) is 0 Å². The molecule has 0 heterocycles. The first kappa shape index (κ1) is 46.4. The average Bonchev–Trinajstić information content (AvgIpc) is 3.05. The molecule has 0 aromatic heterocycles. The van der Waals surface area contributed by atoms with Crippen molar-refractivity contribution in [1.29, 1.82) is 0 Å². The summed E-state index contributed by atoms with van der Waals surface area (Å²) in [6.45, 7) is 4.32. The molecule has 0 aliphatic heterocycles. The summed E-state index contributed by atoms with van der Waals surface area (Å²) in [6, 6.07) is -2.48. The number of carboxylic acid groups (broad SMARTS) is 1. The first-order valence-electron chi connectivity index (χ1n) is 16.4. The lowest BCUT2D eigenvalue weighted by molar-refractivity contribution is -0.138. The Bertz CT molecular complexity index is 1600. The molecule has 0 aliphatic rings. The molecule has 0 radical (unpaired) electrons. The molecular weight excluding hydrogens is 739 g/mol. The largest absolute Gasteiger partial charge is 0.524 e. The molecule has 54 heavy (non-hydrogen) atoms. The molecule has 0 spiro atoms. The molecule has 23 heteroatoms. The highest BCUT2D eigenvalue weighted by Crippen LogP contribution is 2.37. The fourth-order valence-electron chi connectivity index (χ4n) is 4.80. The predicted octanol–water partition coefficient (Wildman–Crippen LogP) is -3.32. The lowest BCUT2D eigenvalue weighted by atomic mass is 9.96. The summed E-state index contributed by atoms with van der Waals surface area (Å²) in [4.78, 5) is 130. The molecule has 0 saturated heterocycles. The molecule has 8 amide bonds. The molecule has 0 saturated carbocycles. The first-order valence-corrected chi connectivity index (χ1v) is 18.0. The minimum absolute atomic E-state index is 0.227. The molecule has 14 N–H and O–H groups in total. The number of carboxylic acids is 1. The number of carbonyl (C=O) groups is 9. The van der Waals surface area contributed by atoms with Gasteiger partial charge < -0.3 is 53.4 Å². The normalized spacial score (nSPS) is 14.4. The third kappa shape index (κ3) is 17.8. The van der Waals surface area contributed by atoms with Gasteiger partial charge in [0.05, 0.1) is 6.42 Å². The molecule has 1 rings (SSSR count). The summed E-state index contributed by atoms with van der Waals surface area (Å²) in [5, 5.41) is 20.9. The highest BCUT2D eigenvalue weighted by Gasteiger charge is 2.35. The Hall–Kier alpha value is -5.60. The van der Waals surface area contributed by atoms with E-state index in [4.69, 9.17) is 32.1 Å². The average molecular weight is 787 g/mol. The number of hydrogen-bond donors (Lipinski definition) is 11. The zero-order valence-electron chi connectivity index (χ0n) is 29.7. The number of primary amides is 3. The number of aliphatic carboxylic acids is 1. The fourth-order valence-corrected chi connectivity index (χ4v) is 5.19. The minimum Gasteiger partial charge on any atom is -0.481 e. The van der Waals surface area contributed by atoms with E-state index in [2.05, 4.69) is 31.1 Å². The van der Waals surface area contributed by atoms with Crippen LogP contribution in [0.1, 0.15) is 64.9 Å². The zero-order chi connectivity index (χ0) is 41.3. The van der Waals surface area contributed by atoms with Gasteiger partial charge in [0.1, 0.15) is 36.0 Å². The van der Waals surface area contributed by atoms with Crippen molar-refractivity contribution in [2.45, 2.75) is 95.9 Å². The number of nitrogens with two attached hydrogens (primary N) is 3. The SMILES string of the molecule is CC[C@H](C)[C@H](NC(=O)[C@H](Cc1ccc(OP(=O)(O)O)cc1)NC(=O)[C@H](CCC(=O)O)NC(C)=O)C(=O)N[C@@H](CC(N)=O)C(=O)N[C@@H](CCC(N)=O)C(N)=O. The molecule has 6 atom stereocenters. The Morgan fingerprint density at radius 2 is 1.24 bits per heavy atom. The summed E-state index contributed by atoms with van der Waals surface area (Å²) < 4.78 is 15.7. The van der Waals surface area contributed by atoms with Crippen molar-refractivity contribution in [2.75, 3.05) is 0 Å². The van der Waals surface area contributed by atoms with Gasteiger partial charge in [-0.15, -0.1) is 0 Å². The highest BCUT2D eigenvalue weighted by atomic mass is 31.2. The first-order chi connectivity index (χ1) is 25.0. The number of hydrogen-bond acceptors (Lipinski definition) is 11. The van der Waals surface area contributed by atoms with Crippen LogP contribution in [0.5, 0.6) is 5.75 Å². The van der Waals surface area contributed by atoms with Gasteiger partial charge in [-0.1, -0.05) is 32.4 Å². The maximum Gasteiger partial charge on any atom is 0.524 e. The smallest absolute Gasteiger partial charge is 0.481 e. The second-order valence-electron chi connectivity index (χ2n) is 12.2. The van der Waals surface area contributed by atoms with Crippen LogP contribution in [0.4, 0.5) is 0 Å². The van der Waals surface area contributed by atoms with E-state index in [9.17, 15) is 47.7 Å². The van der Waals surface area contributed by atoms with E-state index >= 15 is 0 Å². The standard InChI is InChI=1S/C31H47N8O14P/c1-4-15(2)26(31(49)38-22(14-24(33)42)29(47)36-19(27(34)45)9-11-23(32)41)39-30(48)21(13-17-5-7-18(8-6-17)53-54(50,51)52)37-28(46)20(35-16(3)40)10-12-25(43)44/h5-8,15,19-22,26H,4,9-14H2,1-3H3,(H2,32,41)(H2,33,42)(H2,34,45)(H,35,40)(H,36,47)(H,37,46)(H,38,49)(H,39,48)(H,43,44)(H2,50,51,52)/t15-,19-,20-,21-,22-,26-/m0/s1. The Labute approximate surface area is 309 Å². The summed E-state index contributed by atoms with van der Waals surface area (Å²) in [5.74, 6) is -9.73. The van der Waals surface area contributed by atoms with Crippen molar-refractivity contribution in [2.24, 2.45) is 23.1 Å². The van der Waals surface area contributed by atoms with Crippen molar-refractivity contribution in [3.05, 3.63) is 29.8 Å². The highest BCUT2D eigenvalue weighted by molar-refractivity contribution is 7.46. The van der Waals surface area contributed by atoms with E-state index in [1.165, 1.54) is 24.3 Å². The van der Waals surface area contributed by atoms with E-state index < -0.39 is 110 Å². The third-order valence-corrected chi connectivity index (χ3v) is 8.18. The summed E-state index contributed by atoms with van der Waals surface area (Å²) in [6.07, 6.45) is -2.33. The summed E-state index contributed by atoms with van der Waals surface area (Å²) in [5.41, 5.74) is 16.0. The van der Waals surface area contributed by atoms with Crippen LogP contribution in [0, 0.1) is 5.92 Å². The quantitative estimate of drug-likeness (QED) is 0.0457. The lowest BCUT2D eigenvalue weighted by Crippen LogP contribution is -2.61. The lowest BCUT2D eigenvalue weighted by Gasteiger charge is -2.29. The molecular formula is C31H47N8O14P. The molecule has 0 aliphatic carbocycles. The molecule has 22 nitrogen and oxygen atoms in total. The van der Waals surface area contributed by atoms with Crippen LogP contribution in [0.15, 0.2) is 24.3 Å². The number of carbonyl (C=O) groups excluding carboxylic acids is 8. The monoisotopic (exact) mass is 786 g/mol. The van der Waals surface area contributed by atoms with Gasteiger partial charge in [-0.05, 0) is 36.5 Å². The van der Waals surface area contributed by atoms with Crippen molar-refractivity contribution < 1.29 is 67.1 Å². The van der Waals surface area contributed by atoms with Gasteiger partial charge in [0.15, 0.2) is 0 Å². The maximum absolute atomic E-state index is 13.9. The minimum atomic E-state index is -4.91. The van der Waals surface area contributed by atoms with E-state index in [0.29, 0.717) is 5.56 Å². The number of benzene rings is 1. The second kappa shape index (κ2) is 21.8. The number of phosphoric ester groups is 1. The van der Waals surface area contributed by atoms with E-state index in [1.54, 1.807) is 13.8 Å². The van der Waals surface area contributed by atoms with E-state index in [0.717, 1.165) is 6.92 Å². The van der Waals surface area contributed by atoms with Gasteiger partial charge in [-0.3, -0.25) is 52.9 Å². The van der Waals surface area contributed by atoms with Crippen LogP contribution in [0.3, 0.4) is 0 Å². The van der Waals surface area contributed by atoms with Crippen LogP contribution in [0.2, 0.25) is 0 Å². The molecule has 0 bridgehead atoms. The summed E-state index contributed by atoms with van der Waals surface area (Å²) in [7, 11) is -4.91. The molecule has 0 fully saturated rings. The van der Waals surface area contributed by atoms with Crippen molar-refractivity contribution in [1.82, 2.24) is 26.6 Å². The van der Waals surface area contributed by atoms with Gasteiger partial charge in [0.2, 0.25) is 47.3 Å². The predicted molar refractivity (Wildman–Crippen MR) is 186 cm³/mol. The van der Waals surface area contributed by atoms with Crippen molar-refractivity contribution >= 4 is 61.0 Å². The topological polar surface area (TPSA) is 379 Å². The maximum atomic E-state index is 13.9. The van der Waals surface area contributed by atoms with Gasteiger partial charge in [0.25, 0.3) is 0 Å². The number of rotatable bonds is 24. The van der Waals surface area contributed by atoms with Gasteiger partial charge in [-0.2, -0.15) is 0 Å². The van der Waals surface area contributed by atoms with Crippen LogP contribution in [-0.2, 0) is 54.1 Å². The van der Waals surface area contributed by atoms with Gasteiger partial charge in [0, 0.05) is 26.2 Å². The van der Waals surface area contributed by atoms with Gasteiger partial charge in [-0.25, -0.2) is 4.57 Å². The van der Waals surface area contributed by atoms with Crippen LogP contribution < -0.4 is 48.3 Å². The van der Waals surface area contributed by atoms with Crippen molar-refractivity contribution in [3.8, 4) is 5.75 Å².